The summed E-state index contributed by atoms with van der Waals surface area (Å²) in [4.78, 5) is 13.9. The van der Waals surface area contributed by atoms with Crippen LogP contribution in [0.4, 0.5) is 0 Å². The summed E-state index contributed by atoms with van der Waals surface area (Å²) in [6, 6.07) is 8.41. The van der Waals surface area contributed by atoms with Crippen LogP contribution in [-0.2, 0) is 4.79 Å². The van der Waals surface area contributed by atoms with Crippen LogP contribution in [0.2, 0.25) is 0 Å². The molecule has 0 spiro atoms. The van der Waals surface area contributed by atoms with Crippen molar-refractivity contribution in [3.63, 3.8) is 0 Å². The minimum absolute atomic E-state index is 0.0266. The van der Waals surface area contributed by atoms with E-state index in [1.54, 1.807) is 11.8 Å². The Morgan fingerprint density at radius 3 is 2.43 bits per heavy atom. The van der Waals surface area contributed by atoms with Gasteiger partial charge in [-0.2, -0.15) is 0 Å². The number of benzene rings is 1. The Balaban J connectivity index is 2.03. The van der Waals surface area contributed by atoms with Gasteiger partial charge in [-0.1, -0.05) is 31.4 Å². The Kier molecular flexibility index (Phi) is 5.71. The standard InChI is InChI=1S/C17H26N2OS/c1-13(14-6-8-15(21-2)9-7-14)19-16(20)17(12-18)10-4-3-5-11-17/h6-9,13H,3-5,10-12,18H2,1-2H3,(H,19,20). The van der Waals surface area contributed by atoms with E-state index in [4.69, 9.17) is 5.73 Å². The maximum absolute atomic E-state index is 12.7. The molecule has 0 radical (unpaired) electrons. The molecule has 21 heavy (non-hydrogen) atoms. The summed E-state index contributed by atoms with van der Waals surface area (Å²) in [6.45, 7) is 2.50. The summed E-state index contributed by atoms with van der Waals surface area (Å²) in [7, 11) is 0. The lowest BCUT2D eigenvalue weighted by Gasteiger charge is -2.35. The van der Waals surface area contributed by atoms with E-state index in [0.717, 1.165) is 31.2 Å². The third-order valence-electron chi connectivity index (χ3n) is 4.65. The Morgan fingerprint density at radius 2 is 1.90 bits per heavy atom. The zero-order valence-corrected chi connectivity index (χ0v) is 13.8. The van der Waals surface area contributed by atoms with Crippen LogP contribution >= 0.6 is 11.8 Å². The molecule has 4 heteroatoms. The van der Waals surface area contributed by atoms with Crippen LogP contribution in [0, 0.1) is 5.41 Å². The molecular weight excluding hydrogens is 280 g/mol. The van der Waals surface area contributed by atoms with Gasteiger partial charge >= 0.3 is 0 Å². The molecule has 0 saturated heterocycles. The van der Waals surface area contributed by atoms with E-state index in [9.17, 15) is 4.79 Å². The third kappa shape index (κ3) is 3.80. The average Bonchev–Trinajstić information content (AvgIpc) is 2.55. The smallest absolute Gasteiger partial charge is 0.227 e. The van der Waals surface area contributed by atoms with E-state index in [2.05, 4.69) is 35.8 Å². The predicted molar refractivity (Wildman–Crippen MR) is 89.4 cm³/mol. The molecule has 1 unspecified atom stereocenters. The quantitative estimate of drug-likeness (QED) is 0.819. The molecule has 1 fully saturated rings. The summed E-state index contributed by atoms with van der Waals surface area (Å²) < 4.78 is 0. The van der Waals surface area contributed by atoms with Crippen molar-refractivity contribution >= 4 is 17.7 Å². The Bertz CT molecular complexity index is 466. The number of nitrogens with two attached hydrogens (primary N) is 1. The van der Waals surface area contributed by atoms with Gasteiger partial charge in [-0.25, -0.2) is 0 Å². The summed E-state index contributed by atoms with van der Waals surface area (Å²) >= 11 is 1.72. The van der Waals surface area contributed by atoms with Gasteiger partial charge in [0.15, 0.2) is 0 Å². The highest BCUT2D eigenvalue weighted by atomic mass is 32.2. The van der Waals surface area contributed by atoms with Gasteiger partial charge in [-0.3, -0.25) is 4.79 Å². The lowest BCUT2D eigenvalue weighted by Crippen LogP contribution is -2.47. The van der Waals surface area contributed by atoms with E-state index in [0.29, 0.717) is 6.54 Å². The second-order valence-corrected chi connectivity index (χ2v) is 6.89. The number of rotatable bonds is 5. The summed E-state index contributed by atoms with van der Waals surface area (Å²) in [5, 5.41) is 3.17. The fourth-order valence-electron chi connectivity index (χ4n) is 3.08. The van der Waals surface area contributed by atoms with Crippen molar-refractivity contribution in [1.29, 1.82) is 0 Å². The van der Waals surface area contributed by atoms with Crippen molar-refractivity contribution in [2.75, 3.05) is 12.8 Å². The van der Waals surface area contributed by atoms with Crippen LogP contribution < -0.4 is 11.1 Å². The first-order valence-corrected chi connectivity index (χ1v) is 8.99. The van der Waals surface area contributed by atoms with Gasteiger partial charge in [-0.15, -0.1) is 11.8 Å². The fraction of sp³-hybridized carbons (Fsp3) is 0.588. The number of carbonyl (C=O) groups is 1. The molecule has 0 aliphatic heterocycles. The molecular formula is C17H26N2OS. The predicted octanol–water partition coefficient (Wildman–Crippen LogP) is 3.49. The molecule has 116 valence electrons. The van der Waals surface area contributed by atoms with Crippen LogP contribution in [0.25, 0.3) is 0 Å². The van der Waals surface area contributed by atoms with Gasteiger partial charge < -0.3 is 11.1 Å². The first-order valence-electron chi connectivity index (χ1n) is 7.76. The molecule has 1 aromatic rings. The summed E-state index contributed by atoms with van der Waals surface area (Å²) in [5.41, 5.74) is 6.73. The molecule has 3 nitrogen and oxygen atoms in total. The maximum atomic E-state index is 12.7. The van der Waals surface area contributed by atoms with Crippen LogP contribution in [0.15, 0.2) is 29.2 Å². The second-order valence-electron chi connectivity index (χ2n) is 6.01. The number of hydrogen-bond acceptors (Lipinski definition) is 3. The van der Waals surface area contributed by atoms with E-state index in [1.165, 1.54) is 11.3 Å². The zero-order valence-electron chi connectivity index (χ0n) is 13.0. The number of hydrogen-bond donors (Lipinski definition) is 2. The van der Waals surface area contributed by atoms with E-state index in [1.807, 2.05) is 6.92 Å². The van der Waals surface area contributed by atoms with Gasteiger partial charge in [0.05, 0.1) is 11.5 Å². The highest BCUT2D eigenvalue weighted by Gasteiger charge is 2.38. The van der Waals surface area contributed by atoms with Crippen LogP contribution in [0.5, 0.6) is 0 Å². The lowest BCUT2D eigenvalue weighted by molar-refractivity contribution is -0.133. The number of thioether (sulfide) groups is 1. The first-order chi connectivity index (χ1) is 10.1. The molecule has 1 amide bonds. The maximum Gasteiger partial charge on any atom is 0.227 e. The fourth-order valence-corrected chi connectivity index (χ4v) is 3.49. The second kappa shape index (κ2) is 7.32. The van der Waals surface area contributed by atoms with Gasteiger partial charge in [-0.05, 0) is 43.7 Å². The van der Waals surface area contributed by atoms with Crippen LogP contribution in [0.1, 0.15) is 50.6 Å². The van der Waals surface area contributed by atoms with Gasteiger partial charge in [0.25, 0.3) is 0 Å². The van der Waals surface area contributed by atoms with E-state index < -0.39 is 0 Å². The van der Waals surface area contributed by atoms with Gasteiger partial charge in [0, 0.05) is 11.4 Å². The third-order valence-corrected chi connectivity index (χ3v) is 5.39. The van der Waals surface area contributed by atoms with Crippen molar-refractivity contribution in [3.8, 4) is 0 Å². The zero-order chi connectivity index (χ0) is 15.3. The van der Waals surface area contributed by atoms with Crippen molar-refractivity contribution in [2.24, 2.45) is 11.1 Å². The van der Waals surface area contributed by atoms with Gasteiger partial charge in [0.1, 0.15) is 0 Å². The Hall–Kier alpha value is -1.00. The molecule has 1 aliphatic carbocycles. The molecule has 1 saturated carbocycles. The topological polar surface area (TPSA) is 55.1 Å². The van der Waals surface area contributed by atoms with Crippen molar-refractivity contribution in [1.82, 2.24) is 5.32 Å². The molecule has 0 bridgehead atoms. The minimum Gasteiger partial charge on any atom is -0.349 e. The molecule has 1 aliphatic rings. The minimum atomic E-state index is -0.342. The summed E-state index contributed by atoms with van der Waals surface area (Å²) in [5.74, 6) is 0.131. The molecule has 1 atom stereocenters. The Labute approximate surface area is 132 Å². The molecule has 0 aromatic heterocycles. The van der Waals surface area contributed by atoms with Crippen LogP contribution in [-0.4, -0.2) is 18.7 Å². The highest BCUT2D eigenvalue weighted by Crippen LogP contribution is 2.36. The van der Waals surface area contributed by atoms with Gasteiger partial charge in [0.2, 0.25) is 5.91 Å². The van der Waals surface area contributed by atoms with Crippen LogP contribution in [0.3, 0.4) is 0 Å². The van der Waals surface area contributed by atoms with Crippen molar-refractivity contribution in [3.05, 3.63) is 29.8 Å². The number of nitrogens with one attached hydrogen (secondary N) is 1. The number of carbonyl (C=O) groups excluding carboxylic acids is 1. The normalized spacial score (nSPS) is 19.0. The largest absolute Gasteiger partial charge is 0.349 e. The molecule has 1 aromatic carbocycles. The molecule has 3 N–H and O–H groups in total. The van der Waals surface area contributed by atoms with E-state index in [-0.39, 0.29) is 17.4 Å². The summed E-state index contributed by atoms with van der Waals surface area (Å²) in [6.07, 6.45) is 7.36. The Morgan fingerprint density at radius 1 is 1.29 bits per heavy atom. The lowest BCUT2D eigenvalue weighted by atomic mass is 9.73. The molecule has 0 heterocycles. The number of amides is 1. The van der Waals surface area contributed by atoms with E-state index >= 15 is 0 Å². The molecule has 2 rings (SSSR count). The van der Waals surface area contributed by atoms with Crippen molar-refractivity contribution in [2.45, 2.75) is 50.0 Å². The highest BCUT2D eigenvalue weighted by molar-refractivity contribution is 7.98. The van der Waals surface area contributed by atoms with Crippen molar-refractivity contribution < 1.29 is 4.79 Å². The average molecular weight is 306 g/mol. The first kappa shape index (κ1) is 16.4. The SMILES string of the molecule is CSc1ccc(C(C)NC(=O)C2(CN)CCCCC2)cc1. The monoisotopic (exact) mass is 306 g/mol.